The van der Waals surface area contributed by atoms with Gasteiger partial charge in [-0.3, -0.25) is 33.8 Å². The lowest BCUT2D eigenvalue weighted by Gasteiger charge is -2.35. The van der Waals surface area contributed by atoms with Crippen molar-refractivity contribution in [2.75, 3.05) is 117 Å². The van der Waals surface area contributed by atoms with Gasteiger partial charge in [0.05, 0.1) is 51.5 Å². The molecule has 0 radical (unpaired) electrons. The molecule has 2 aromatic carbocycles. The number of Topliss-reactive ketones (excluding diaryl/α,β-unsaturated/α-hetero) is 1. The second kappa shape index (κ2) is 20.2. The van der Waals surface area contributed by atoms with Crippen LogP contribution in [0.15, 0.2) is 53.3 Å². The molecule has 2 heterocycles. The third kappa shape index (κ3) is 14.7. The number of hydrogen-bond donors (Lipinski definition) is 1. The van der Waals surface area contributed by atoms with Crippen LogP contribution in [-0.4, -0.2) is 153 Å². The normalized spacial score (nSPS) is 17.6. The molecule has 1 unspecified atom stereocenters. The van der Waals surface area contributed by atoms with E-state index in [1.54, 1.807) is 26.9 Å². The Morgan fingerprint density at radius 1 is 0.788 bits per heavy atom. The highest BCUT2D eigenvalue weighted by atomic mass is 79.9. The van der Waals surface area contributed by atoms with Crippen LogP contribution in [0.4, 0.5) is 11.5 Å². The Morgan fingerprint density at radius 3 is 1.98 bits per heavy atom. The van der Waals surface area contributed by atoms with E-state index >= 15 is 0 Å². The first-order valence-corrected chi connectivity index (χ1v) is 23.6. The minimum absolute atomic E-state index is 0.0690. The van der Waals surface area contributed by atoms with Gasteiger partial charge >= 0.3 is 5.97 Å². The Bertz CT molecular complexity index is 1730. The van der Waals surface area contributed by atoms with Crippen LogP contribution in [0, 0.1) is 0 Å². The summed E-state index contributed by atoms with van der Waals surface area (Å²) in [5.41, 5.74) is 2.52. The zero-order valence-electron chi connectivity index (χ0n) is 31.1. The van der Waals surface area contributed by atoms with Crippen LogP contribution in [0.3, 0.4) is 0 Å². The van der Waals surface area contributed by atoms with E-state index in [0.29, 0.717) is 77.7 Å². The number of carbonyl (C=O) groups excluding carboxylic acids is 2. The van der Waals surface area contributed by atoms with E-state index in [2.05, 4.69) is 45.9 Å². The molecule has 52 heavy (non-hydrogen) atoms. The molecular weight excluding hydrogens is 768 g/mol. The highest BCUT2D eigenvalue weighted by Gasteiger charge is 2.25. The van der Waals surface area contributed by atoms with Crippen molar-refractivity contribution in [3.8, 4) is 0 Å². The molecule has 1 aromatic heterocycles. The molecule has 1 aliphatic heterocycles. The lowest BCUT2D eigenvalue weighted by Crippen LogP contribution is -2.48. The number of ether oxygens (including phenoxy) is 1. The number of fused-ring (bicyclic) bond motifs is 1. The van der Waals surface area contributed by atoms with Gasteiger partial charge in [0.25, 0.3) is 0 Å². The van der Waals surface area contributed by atoms with Gasteiger partial charge in [-0.1, -0.05) is 22.0 Å². The van der Waals surface area contributed by atoms with Crippen molar-refractivity contribution in [3.05, 3.63) is 58.8 Å². The number of nitrogens with one attached hydrogen (secondary N) is 1. The van der Waals surface area contributed by atoms with Gasteiger partial charge < -0.3 is 19.1 Å². The molecule has 1 N–H and O–H groups in total. The summed E-state index contributed by atoms with van der Waals surface area (Å²) < 4.78 is 38.1. The zero-order chi connectivity index (χ0) is 37.7. The quantitative estimate of drug-likeness (QED) is 0.153. The molecule has 0 spiro atoms. The molecular formula is C36H54BrN7O6P2. The van der Waals surface area contributed by atoms with E-state index in [1.165, 1.54) is 6.33 Å². The van der Waals surface area contributed by atoms with E-state index in [9.17, 15) is 18.7 Å². The summed E-state index contributed by atoms with van der Waals surface area (Å²) in [6.07, 6.45) is 2.48. The fraction of sp³-hybridized carbons (Fsp3) is 0.556. The first-order chi connectivity index (χ1) is 24.7. The fourth-order valence-electron chi connectivity index (χ4n) is 6.24. The van der Waals surface area contributed by atoms with Crippen LogP contribution in [0.1, 0.15) is 19.4 Å². The second-order valence-electron chi connectivity index (χ2n) is 13.8. The summed E-state index contributed by atoms with van der Waals surface area (Å²) in [6.45, 7) is 14.5. The van der Waals surface area contributed by atoms with Crippen LogP contribution in [0.2, 0.25) is 0 Å². The first kappa shape index (κ1) is 42.2. The highest BCUT2D eigenvalue weighted by Crippen LogP contribution is 2.42. The van der Waals surface area contributed by atoms with Crippen molar-refractivity contribution in [3.63, 3.8) is 0 Å². The van der Waals surface area contributed by atoms with E-state index in [1.807, 2.05) is 54.3 Å². The summed E-state index contributed by atoms with van der Waals surface area (Å²) in [6, 6.07) is 13.7. The van der Waals surface area contributed by atoms with Gasteiger partial charge in [-0.2, -0.15) is 0 Å². The molecule has 4 rings (SSSR count). The van der Waals surface area contributed by atoms with Gasteiger partial charge in [0.15, 0.2) is 5.78 Å². The summed E-state index contributed by atoms with van der Waals surface area (Å²) in [7, 11) is -5.28. The molecule has 286 valence electrons. The predicted octanol–water partition coefficient (Wildman–Crippen LogP) is 5.51. The van der Waals surface area contributed by atoms with Crippen molar-refractivity contribution in [1.82, 2.24) is 29.6 Å². The second-order valence-corrected chi connectivity index (χ2v) is 20.7. The maximum atomic E-state index is 13.7. The van der Waals surface area contributed by atoms with Crippen molar-refractivity contribution < 1.29 is 28.0 Å². The highest BCUT2D eigenvalue weighted by molar-refractivity contribution is 9.10. The van der Waals surface area contributed by atoms with Gasteiger partial charge in [0.2, 0.25) is 7.37 Å². The predicted molar refractivity (Wildman–Crippen MR) is 213 cm³/mol. The SMILES string of the molecule is CCOC(=O)CN1CCN(CP(C)(C)=O)CCN(CC(=O)Cc2ccc3c(Nc4ccc(Br)cc4)ncnc3c2)CCN(CP(C)(=O)OCC)CC1. The lowest BCUT2D eigenvalue weighted by molar-refractivity contribution is -0.144. The smallest absolute Gasteiger partial charge is 0.320 e. The standard InChI is InChI=1S/C36H54BrN7O6P2/c1-6-49-35(46)25-42-16-19-43(27-51(3,4)47)18-14-41(15-20-44(21-17-42)28-52(5,48)50-7-2)24-32(45)22-29-8-13-33-34(23-29)38-26-39-36(33)40-31-11-9-30(37)10-12-31/h8-13,23,26H,6-7,14-22,24-25,27-28H2,1-5H3,(H,38,39,40). The summed E-state index contributed by atoms with van der Waals surface area (Å²) >= 11 is 3.46. The number of benzene rings is 2. The van der Waals surface area contributed by atoms with Crippen LogP contribution in [-0.2, 0) is 34.4 Å². The Hall–Kier alpha value is -2.54. The number of aromatic nitrogens is 2. The van der Waals surface area contributed by atoms with Crippen molar-refractivity contribution >= 4 is 64.6 Å². The van der Waals surface area contributed by atoms with Crippen LogP contribution in [0.25, 0.3) is 10.9 Å². The molecule has 1 atom stereocenters. The Kier molecular flexibility index (Phi) is 16.4. The third-order valence-corrected chi connectivity index (χ3v) is 11.9. The Labute approximate surface area is 316 Å². The molecule has 1 saturated heterocycles. The van der Waals surface area contributed by atoms with Gasteiger partial charge in [-0.05, 0) is 69.1 Å². The zero-order valence-corrected chi connectivity index (χ0v) is 34.5. The number of anilines is 2. The summed E-state index contributed by atoms with van der Waals surface area (Å²) in [5, 5.41) is 4.21. The van der Waals surface area contributed by atoms with Gasteiger partial charge in [0, 0.05) is 81.0 Å². The maximum Gasteiger partial charge on any atom is 0.320 e. The first-order valence-electron chi connectivity index (χ1n) is 17.8. The maximum absolute atomic E-state index is 13.7. The summed E-state index contributed by atoms with van der Waals surface area (Å²) in [5.74, 6) is 0.466. The minimum atomic E-state index is -2.90. The molecule has 13 nitrogen and oxygen atoms in total. The molecule has 0 bridgehead atoms. The fourth-order valence-corrected chi connectivity index (χ4v) is 9.39. The van der Waals surface area contributed by atoms with Crippen molar-refractivity contribution in [2.45, 2.75) is 20.3 Å². The number of hydrogen-bond acceptors (Lipinski definition) is 13. The van der Waals surface area contributed by atoms with E-state index in [-0.39, 0.29) is 37.5 Å². The molecule has 0 aliphatic carbocycles. The van der Waals surface area contributed by atoms with E-state index < -0.39 is 14.5 Å². The number of halogens is 1. The van der Waals surface area contributed by atoms with E-state index in [4.69, 9.17) is 9.26 Å². The van der Waals surface area contributed by atoms with Gasteiger partial charge in [-0.15, -0.1) is 0 Å². The van der Waals surface area contributed by atoms with Crippen molar-refractivity contribution in [1.29, 1.82) is 0 Å². The number of ketones is 1. The largest absolute Gasteiger partial charge is 0.465 e. The van der Waals surface area contributed by atoms with Crippen molar-refractivity contribution in [2.24, 2.45) is 0 Å². The third-order valence-electron chi connectivity index (χ3n) is 8.60. The average Bonchev–Trinajstić information content (AvgIpc) is 3.06. The minimum Gasteiger partial charge on any atom is -0.465 e. The summed E-state index contributed by atoms with van der Waals surface area (Å²) in [4.78, 5) is 43.5. The Balaban J connectivity index is 1.49. The molecule has 1 fully saturated rings. The Morgan fingerprint density at radius 2 is 1.38 bits per heavy atom. The lowest BCUT2D eigenvalue weighted by atomic mass is 10.1. The van der Waals surface area contributed by atoms with Crippen LogP contribution in [0.5, 0.6) is 0 Å². The van der Waals surface area contributed by atoms with Crippen LogP contribution >= 0.6 is 30.4 Å². The topological polar surface area (TPSA) is 138 Å². The van der Waals surface area contributed by atoms with E-state index in [0.717, 1.165) is 26.6 Å². The van der Waals surface area contributed by atoms with Crippen LogP contribution < -0.4 is 5.32 Å². The molecule has 16 heteroatoms. The molecule has 0 amide bonds. The molecule has 1 aliphatic rings. The monoisotopic (exact) mass is 821 g/mol. The average molecular weight is 823 g/mol. The molecule has 0 saturated carbocycles. The number of esters is 1. The number of carbonyl (C=O) groups is 2. The van der Waals surface area contributed by atoms with Gasteiger partial charge in [-0.25, -0.2) is 9.97 Å². The number of nitrogens with zero attached hydrogens (tertiary/aromatic N) is 6. The number of rotatable bonds is 15. The van der Waals surface area contributed by atoms with Gasteiger partial charge in [0.1, 0.15) is 12.1 Å². The molecule has 3 aromatic rings.